The molecule has 0 saturated carbocycles. The molecule has 0 aliphatic rings. The van der Waals surface area contributed by atoms with Crippen LogP contribution in [0.1, 0.15) is 71.6 Å². The zero-order chi connectivity index (χ0) is 36.7. The molecule has 20 nitrogen and oxygen atoms in total. The van der Waals surface area contributed by atoms with Crippen molar-refractivity contribution < 1.29 is 24.2 Å². The minimum atomic E-state index is -0.596. The lowest BCUT2D eigenvalue weighted by Crippen LogP contribution is -2.09. The van der Waals surface area contributed by atoms with Crippen molar-refractivity contribution in [3.8, 4) is 17.6 Å². The zero-order valence-electron chi connectivity index (χ0n) is 29.4. The number of aromatic hydroxyl groups is 1. The molecule has 0 saturated heterocycles. The van der Waals surface area contributed by atoms with Crippen LogP contribution in [0.2, 0.25) is 0 Å². The lowest BCUT2D eigenvalue weighted by molar-refractivity contribution is 0.0592. The number of ether oxygens (including phenoxy) is 2. The fourth-order valence-electron chi connectivity index (χ4n) is 5.00. The number of unbranched alkanes of at least 4 members (excludes halogenated alkanes) is 2. The van der Waals surface area contributed by atoms with Crippen LogP contribution in [0.3, 0.4) is 0 Å². The molecular weight excluding hydrogens is 662 g/mol. The summed E-state index contributed by atoms with van der Waals surface area (Å²) in [5, 5.41) is 49.2. The minimum absolute atomic E-state index is 0.0356. The van der Waals surface area contributed by atoms with E-state index in [0.717, 1.165) is 25.7 Å². The van der Waals surface area contributed by atoms with Crippen LogP contribution in [0.5, 0.6) is 5.88 Å². The van der Waals surface area contributed by atoms with E-state index in [9.17, 15) is 14.7 Å². The van der Waals surface area contributed by atoms with Crippen molar-refractivity contribution in [2.24, 2.45) is 34.6 Å². The molecule has 0 radical (unpaired) electrons. The Kier molecular flexibility index (Phi) is 11.2. The maximum atomic E-state index is 12.3. The van der Waals surface area contributed by atoms with E-state index in [-0.39, 0.29) is 40.4 Å². The van der Waals surface area contributed by atoms with Crippen molar-refractivity contribution in [2.75, 3.05) is 26.6 Å². The van der Waals surface area contributed by atoms with Gasteiger partial charge in [0.15, 0.2) is 29.0 Å². The lowest BCUT2D eigenvalue weighted by atomic mass is 10.2. The van der Waals surface area contributed by atoms with Crippen LogP contribution in [-0.2, 0) is 36.4 Å². The number of aromatic nitrogens is 10. The predicted octanol–water partition coefficient (Wildman–Crippen LogP) is 5.15. The Morgan fingerprint density at radius 3 is 2.00 bits per heavy atom. The molecule has 5 aromatic heterocycles. The Labute approximate surface area is 292 Å². The quantitative estimate of drug-likeness (QED) is 0.107. The van der Waals surface area contributed by atoms with Gasteiger partial charge in [0.05, 0.1) is 44.2 Å². The summed E-state index contributed by atoms with van der Waals surface area (Å²) in [6.45, 7) is 4.12. The Morgan fingerprint density at radius 1 is 0.843 bits per heavy atom. The van der Waals surface area contributed by atoms with Gasteiger partial charge in [-0.25, -0.2) is 23.6 Å². The molecule has 5 aromatic rings. The molecule has 0 fully saturated rings. The molecule has 0 aliphatic carbocycles. The fourth-order valence-corrected chi connectivity index (χ4v) is 5.00. The molecule has 0 amide bonds. The number of hydrogen-bond acceptors (Lipinski definition) is 16. The highest BCUT2D eigenvalue weighted by Gasteiger charge is 2.23. The molecule has 5 rings (SSSR count). The van der Waals surface area contributed by atoms with E-state index in [0.29, 0.717) is 41.4 Å². The van der Waals surface area contributed by atoms with Gasteiger partial charge in [0.1, 0.15) is 16.8 Å². The first kappa shape index (κ1) is 36.0. The third kappa shape index (κ3) is 7.63. The average Bonchev–Trinajstić information content (AvgIpc) is 3.90. The molecule has 2 N–H and O–H groups in total. The Bertz CT molecular complexity index is 2090. The maximum Gasteiger partial charge on any atom is 0.343 e. The number of anilines is 1. The van der Waals surface area contributed by atoms with Gasteiger partial charge in [0.2, 0.25) is 5.88 Å². The van der Waals surface area contributed by atoms with Crippen molar-refractivity contribution in [1.29, 1.82) is 0 Å². The number of carbonyl (C=O) groups is 2. The lowest BCUT2D eigenvalue weighted by Gasteiger charge is -2.08. The zero-order valence-corrected chi connectivity index (χ0v) is 29.4. The molecule has 0 spiro atoms. The van der Waals surface area contributed by atoms with Gasteiger partial charge in [-0.1, -0.05) is 26.7 Å². The van der Waals surface area contributed by atoms with E-state index in [1.54, 1.807) is 27.3 Å². The molecule has 0 aliphatic heterocycles. The smallest absolute Gasteiger partial charge is 0.343 e. The van der Waals surface area contributed by atoms with Gasteiger partial charge < -0.3 is 19.9 Å². The molecule has 5 heterocycles. The molecule has 0 aromatic carbocycles. The van der Waals surface area contributed by atoms with Gasteiger partial charge in [0.25, 0.3) is 5.95 Å². The molecule has 20 heteroatoms. The largest absolute Gasteiger partial charge is 0.493 e. The predicted molar refractivity (Wildman–Crippen MR) is 182 cm³/mol. The number of methoxy groups -OCH3 is 2. The maximum absolute atomic E-state index is 12.3. The van der Waals surface area contributed by atoms with E-state index >= 15 is 0 Å². The van der Waals surface area contributed by atoms with Crippen LogP contribution in [0.4, 0.5) is 28.8 Å². The minimum Gasteiger partial charge on any atom is -0.493 e. The molecule has 0 bridgehead atoms. The molecular formula is C31H39N15O5. The van der Waals surface area contributed by atoms with Crippen molar-refractivity contribution >= 4 is 40.8 Å². The summed E-state index contributed by atoms with van der Waals surface area (Å²) in [5.41, 5.74) is 2.35. The monoisotopic (exact) mass is 701 g/mol. The van der Waals surface area contributed by atoms with Crippen LogP contribution >= 0.6 is 0 Å². The summed E-state index contributed by atoms with van der Waals surface area (Å²) >= 11 is 0. The number of rotatable bonds is 15. The highest BCUT2D eigenvalue weighted by atomic mass is 16.5. The van der Waals surface area contributed by atoms with Crippen molar-refractivity contribution in [2.45, 2.75) is 52.4 Å². The van der Waals surface area contributed by atoms with Gasteiger partial charge in [0, 0.05) is 27.2 Å². The molecule has 268 valence electrons. The first-order valence-corrected chi connectivity index (χ1v) is 16.1. The van der Waals surface area contributed by atoms with Crippen molar-refractivity contribution in [3.05, 3.63) is 47.2 Å². The summed E-state index contributed by atoms with van der Waals surface area (Å²) in [7, 11) is 7.52. The van der Waals surface area contributed by atoms with Gasteiger partial charge in [-0.15, -0.1) is 20.5 Å². The van der Waals surface area contributed by atoms with E-state index < -0.39 is 11.9 Å². The second-order valence-corrected chi connectivity index (χ2v) is 11.2. The van der Waals surface area contributed by atoms with Gasteiger partial charge in [-0.05, 0) is 25.7 Å². The summed E-state index contributed by atoms with van der Waals surface area (Å²) in [6.07, 6.45) is 8.88. The Balaban J connectivity index is 1.57. The number of aryl methyl sites for hydroxylation is 4. The Morgan fingerprint density at radius 2 is 1.43 bits per heavy atom. The Hall–Kier alpha value is -6.34. The highest BCUT2D eigenvalue weighted by molar-refractivity contribution is 5.94. The third-order valence-corrected chi connectivity index (χ3v) is 7.70. The van der Waals surface area contributed by atoms with E-state index in [1.807, 2.05) is 0 Å². The number of nitrogens with one attached hydrogen (secondary N) is 1. The van der Waals surface area contributed by atoms with Crippen LogP contribution in [0.15, 0.2) is 45.1 Å². The average molecular weight is 702 g/mol. The number of azo groups is 2. The van der Waals surface area contributed by atoms with Crippen LogP contribution in [0, 0.1) is 0 Å². The van der Waals surface area contributed by atoms with Gasteiger partial charge in [-0.3, -0.25) is 0 Å². The molecule has 0 unspecified atom stereocenters. The standard InChI is InChI=1S/C31H39N15O5/c1-8-10-12-20-22(37-39-26-18(29(48)50-6)15-33-43(26)4)17-45(41-20)31-35-23(14-24(47)36-31)46-28(32-3)25(21(42-46)13-11-9-2)38-40-27-19(30(49)51-7)16-34-44(27)5/h14-17,32H,8-13H2,1-7H3,(H,35,36,47). The summed E-state index contributed by atoms with van der Waals surface area (Å²) in [4.78, 5) is 33.5. The summed E-state index contributed by atoms with van der Waals surface area (Å²) in [6, 6.07) is 1.36. The molecule has 51 heavy (non-hydrogen) atoms. The fraction of sp³-hybridized carbons (Fsp3) is 0.419. The normalized spacial score (nSPS) is 11.6. The number of carbonyl (C=O) groups excluding carboxylic acids is 2. The third-order valence-electron chi connectivity index (χ3n) is 7.70. The topological polar surface area (TPSA) is 231 Å². The van der Waals surface area contributed by atoms with Gasteiger partial charge in [-0.2, -0.15) is 35.0 Å². The van der Waals surface area contributed by atoms with Gasteiger partial charge >= 0.3 is 11.9 Å². The summed E-state index contributed by atoms with van der Waals surface area (Å²) in [5.74, 6) is -0.443. The number of hydrogen-bond donors (Lipinski definition) is 2. The second-order valence-electron chi connectivity index (χ2n) is 11.2. The van der Waals surface area contributed by atoms with Crippen LogP contribution in [-0.4, -0.2) is 87.4 Å². The van der Waals surface area contributed by atoms with E-state index in [1.165, 1.54) is 51.4 Å². The van der Waals surface area contributed by atoms with Crippen LogP contribution < -0.4 is 5.32 Å². The van der Waals surface area contributed by atoms with Crippen LogP contribution in [0.25, 0.3) is 11.8 Å². The van der Waals surface area contributed by atoms with E-state index in [2.05, 4.69) is 59.9 Å². The van der Waals surface area contributed by atoms with Crippen molar-refractivity contribution in [1.82, 2.24) is 49.1 Å². The second kappa shape index (κ2) is 15.9. The van der Waals surface area contributed by atoms with E-state index in [4.69, 9.17) is 19.6 Å². The SMILES string of the molecule is CCCCc1nn(-c2nc(O)cc(-n3nc(CCCC)c(N=Nc4c(C(=O)OC)cnn4C)c3NC)n2)cc1N=Nc1c(C(=O)OC)cnn1C. The summed E-state index contributed by atoms with van der Waals surface area (Å²) < 4.78 is 15.4. The van der Waals surface area contributed by atoms with Crippen molar-refractivity contribution in [3.63, 3.8) is 0 Å². The first-order chi connectivity index (χ1) is 24.6. The first-order valence-electron chi connectivity index (χ1n) is 16.1. The molecule has 0 atom stereocenters. The number of nitrogens with zero attached hydrogens (tertiary/aromatic N) is 14. The number of esters is 2. The highest BCUT2D eigenvalue weighted by Crippen LogP contribution is 2.35.